The molecule has 2 aromatic heterocycles. The molecule has 3 rings (SSSR count). The molecule has 23 heavy (non-hydrogen) atoms. The van der Waals surface area contributed by atoms with Crippen LogP contribution in [0.4, 0.5) is 0 Å². The molecule has 1 amide bonds. The minimum atomic E-state index is -0.210. The minimum absolute atomic E-state index is 0.210. The molecule has 0 aliphatic heterocycles. The van der Waals surface area contributed by atoms with E-state index in [1.165, 1.54) is 0 Å². The maximum absolute atomic E-state index is 12.7. The predicted octanol–water partition coefficient (Wildman–Crippen LogP) is 3.77. The summed E-state index contributed by atoms with van der Waals surface area (Å²) in [5.74, 6) is 0.0944. The highest BCUT2D eigenvalue weighted by Crippen LogP contribution is 2.32. The van der Waals surface area contributed by atoms with Crippen molar-refractivity contribution in [2.75, 3.05) is 7.05 Å². The number of rotatable bonds is 3. The van der Waals surface area contributed by atoms with Gasteiger partial charge in [0.25, 0.3) is 5.91 Å². The number of aromatic nitrogens is 2. The monoisotopic (exact) mass is 329 g/mol. The summed E-state index contributed by atoms with van der Waals surface area (Å²) in [6.07, 6.45) is 4.83. The lowest BCUT2D eigenvalue weighted by molar-refractivity contribution is 0.0753. The van der Waals surface area contributed by atoms with Crippen LogP contribution < -0.4 is 0 Å². The zero-order valence-corrected chi connectivity index (χ0v) is 13.9. The Kier molecular flexibility index (Phi) is 4.05. The highest BCUT2D eigenvalue weighted by atomic mass is 35.5. The van der Waals surface area contributed by atoms with E-state index in [0.717, 1.165) is 16.5 Å². The Morgan fingerprint density at radius 1 is 1.30 bits per heavy atom. The lowest BCUT2D eigenvalue weighted by Crippen LogP contribution is -2.26. The van der Waals surface area contributed by atoms with Crippen molar-refractivity contribution in [3.8, 4) is 0 Å². The zero-order valence-electron chi connectivity index (χ0n) is 13.1. The van der Waals surface area contributed by atoms with Gasteiger partial charge in [-0.1, -0.05) is 11.6 Å². The van der Waals surface area contributed by atoms with E-state index in [1.54, 1.807) is 30.5 Å². The van der Waals surface area contributed by atoms with Gasteiger partial charge in [-0.05, 0) is 31.5 Å². The average molecular weight is 330 g/mol. The number of aryl methyl sites for hydroxylation is 2. The quantitative estimate of drug-likeness (QED) is 0.734. The first-order valence-corrected chi connectivity index (χ1v) is 7.54. The van der Waals surface area contributed by atoms with Crippen LogP contribution in [0, 0.1) is 13.8 Å². The summed E-state index contributed by atoms with van der Waals surface area (Å²) < 4.78 is 5.75. The van der Waals surface area contributed by atoms with Gasteiger partial charge in [0.05, 0.1) is 23.5 Å². The lowest BCUT2D eigenvalue weighted by Gasteiger charge is -2.15. The predicted molar refractivity (Wildman–Crippen MR) is 88.5 cm³/mol. The summed E-state index contributed by atoms with van der Waals surface area (Å²) in [5.41, 5.74) is 3.08. The molecule has 0 saturated carbocycles. The van der Waals surface area contributed by atoms with Crippen LogP contribution in [0.15, 0.2) is 35.1 Å². The number of hydrogen-bond donors (Lipinski definition) is 0. The van der Waals surface area contributed by atoms with Crippen molar-refractivity contribution in [1.82, 2.24) is 14.9 Å². The van der Waals surface area contributed by atoms with Crippen molar-refractivity contribution in [3.05, 3.63) is 58.3 Å². The van der Waals surface area contributed by atoms with E-state index >= 15 is 0 Å². The molecule has 5 nitrogen and oxygen atoms in total. The van der Waals surface area contributed by atoms with Gasteiger partial charge in [0.15, 0.2) is 11.3 Å². The van der Waals surface area contributed by atoms with Crippen LogP contribution in [0.2, 0.25) is 5.02 Å². The van der Waals surface area contributed by atoms with Crippen LogP contribution in [-0.4, -0.2) is 27.8 Å². The van der Waals surface area contributed by atoms with E-state index in [1.807, 2.05) is 26.0 Å². The van der Waals surface area contributed by atoms with Gasteiger partial charge in [0.1, 0.15) is 0 Å². The number of furan rings is 1. The van der Waals surface area contributed by atoms with Crippen LogP contribution in [0.3, 0.4) is 0 Å². The standard InChI is InChI=1S/C17H16ClN3O2/c1-10-6-13-11(2)15(23-16(13)14(18)7-10)17(22)21(3)9-12-8-19-4-5-20-12/h4-8H,9H2,1-3H3. The summed E-state index contributed by atoms with van der Waals surface area (Å²) in [5, 5.41) is 1.38. The van der Waals surface area contributed by atoms with Gasteiger partial charge in [-0.2, -0.15) is 0 Å². The molecular weight excluding hydrogens is 314 g/mol. The third kappa shape index (κ3) is 2.92. The van der Waals surface area contributed by atoms with Gasteiger partial charge in [0.2, 0.25) is 0 Å². The van der Waals surface area contributed by atoms with Crippen molar-refractivity contribution in [3.63, 3.8) is 0 Å². The highest BCUT2D eigenvalue weighted by Gasteiger charge is 2.22. The number of carbonyl (C=O) groups excluding carboxylic acids is 1. The van der Waals surface area contributed by atoms with Crippen molar-refractivity contribution < 1.29 is 9.21 Å². The second-order valence-electron chi connectivity index (χ2n) is 5.54. The third-order valence-corrected chi connectivity index (χ3v) is 3.97. The van der Waals surface area contributed by atoms with Crippen molar-refractivity contribution >= 4 is 28.5 Å². The van der Waals surface area contributed by atoms with Gasteiger partial charge >= 0.3 is 0 Å². The normalized spacial score (nSPS) is 11.0. The molecule has 0 bridgehead atoms. The number of carbonyl (C=O) groups is 1. The summed E-state index contributed by atoms with van der Waals surface area (Å²) >= 11 is 6.22. The molecule has 0 N–H and O–H groups in total. The Morgan fingerprint density at radius 3 is 2.78 bits per heavy atom. The number of benzene rings is 1. The number of hydrogen-bond acceptors (Lipinski definition) is 4. The molecule has 2 heterocycles. The second kappa shape index (κ2) is 6.01. The molecular formula is C17H16ClN3O2. The van der Waals surface area contributed by atoms with E-state index in [-0.39, 0.29) is 5.91 Å². The number of nitrogens with zero attached hydrogens (tertiary/aromatic N) is 3. The van der Waals surface area contributed by atoms with E-state index in [4.69, 9.17) is 16.0 Å². The molecule has 0 saturated heterocycles. The smallest absolute Gasteiger partial charge is 0.289 e. The largest absolute Gasteiger partial charge is 0.449 e. The average Bonchev–Trinajstić information content (AvgIpc) is 2.85. The Morgan fingerprint density at radius 2 is 2.09 bits per heavy atom. The third-order valence-electron chi connectivity index (χ3n) is 3.69. The fourth-order valence-electron chi connectivity index (χ4n) is 2.52. The van der Waals surface area contributed by atoms with E-state index in [2.05, 4.69) is 9.97 Å². The maximum Gasteiger partial charge on any atom is 0.289 e. The maximum atomic E-state index is 12.7. The van der Waals surface area contributed by atoms with Crippen LogP contribution in [0.25, 0.3) is 11.0 Å². The van der Waals surface area contributed by atoms with Crippen molar-refractivity contribution in [1.29, 1.82) is 0 Å². The van der Waals surface area contributed by atoms with E-state index in [9.17, 15) is 4.79 Å². The molecule has 118 valence electrons. The van der Waals surface area contributed by atoms with Gasteiger partial charge in [-0.3, -0.25) is 14.8 Å². The van der Waals surface area contributed by atoms with Gasteiger partial charge in [0, 0.05) is 30.4 Å². The zero-order chi connectivity index (χ0) is 16.6. The first-order valence-electron chi connectivity index (χ1n) is 7.17. The summed E-state index contributed by atoms with van der Waals surface area (Å²) in [7, 11) is 1.70. The Balaban J connectivity index is 1.95. The van der Waals surface area contributed by atoms with E-state index < -0.39 is 0 Å². The fraction of sp³-hybridized carbons (Fsp3) is 0.235. The van der Waals surface area contributed by atoms with Gasteiger partial charge in [-0.25, -0.2) is 0 Å². The Labute approximate surface area is 138 Å². The van der Waals surface area contributed by atoms with Gasteiger partial charge < -0.3 is 9.32 Å². The van der Waals surface area contributed by atoms with Crippen LogP contribution in [0.5, 0.6) is 0 Å². The number of fused-ring (bicyclic) bond motifs is 1. The molecule has 0 fully saturated rings. The van der Waals surface area contributed by atoms with Crippen LogP contribution >= 0.6 is 11.6 Å². The van der Waals surface area contributed by atoms with E-state index in [0.29, 0.717) is 28.6 Å². The number of amides is 1. The Bertz CT molecular complexity index is 874. The molecule has 0 spiro atoms. The topological polar surface area (TPSA) is 59.2 Å². The molecule has 0 atom stereocenters. The molecule has 3 aromatic rings. The van der Waals surface area contributed by atoms with Crippen molar-refractivity contribution in [2.24, 2.45) is 0 Å². The molecule has 1 aromatic carbocycles. The number of halogens is 1. The lowest BCUT2D eigenvalue weighted by atomic mass is 10.1. The summed E-state index contributed by atoms with van der Waals surface area (Å²) in [4.78, 5) is 22.4. The minimum Gasteiger partial charge on any atom is -0.449 e. The van der Waals surface area contributed by atoms with Crippen molar-refractivity contribution in [2.45, 2.75) is 20.4 Å². The van der Waals surface area contributed by atoms with Crippen LogP contribution in [0.1, 0.15) is 27.4 Å². The Hall–Kier alpha value is -2.40. The van der Waals surface area contributed by atoms with Gasteiger partial charge in [-0.15, -0.1) is 0 Å². The summed E-state index contributed by atoms with van der Waals surface area (Å²) in [6.45, 7) is 4.18. The molecule has 0 unspecified atom stereocenters. The molecule has 0 radical (unpaired) electrons. The first kappa shape index (κ1) is 15.5. The second-order valence-corrected chi connectivity index (χ2v) is 5.94. The molecule has 0 aliphatic rings. The molecule has 0 aliphatic carbocycles. The summed E-state index contributed by atoms with van der Waals surface area (Å²) in [6, 6.07) is 3.80. The van der Waals surface area contributed by atoms with Crippen LogP contribution in [-0.2, 0) is 6.54 Å². The first-order chi connectivity index (χ1) is 11.0. The molecule has 6 heteroatoms. The highest BCUT2D eigenvalue weighted by molar-refractivity contribution is 6.35. The SMILES string of the molecule is Cc1cc(Cl)c2oc(C(=O)N(C)Cc3cnccn3)c(C)c2c1. The fourth-order valence-corrected chi connectivity index (χ4v) is 2.83.